The monoisotopic (exact) mass is 250 g/mol. The van der Waals surface area contributed by atoms with Crippen molar-refractivity contribution in [2.24, 2.45) is 5.92 Å². The number of rotatable bonds is 7. The van der Waals surface area contributed by atoms with E-state index in [1.807, 2.05) is 0 Å². The summed E-state index contributed by atoms with van der Waals surface area (Å²) in [7, 11) is 0. The van der Waals surface area contributed by atoms with E-state index in [0.29, 0.717) is 6.61 Å². The lowest BCUT2D eigenvalue weighted by Crippen LogP contribution is -2.25. The first-order valence-corrected chi connectivity index (χ1v) is 6.35. The van der Waals surface area contributed by atoms with E-state index >= 15 is 0 Å². The average molecular weight is 250 g/mol. The molecular formula is C11H22O2S2. The van der Waals surface area contributed by atoms with Crippen molar-refractivity contribution in [2.45, 2.75) is 50.5 Å². The van der Waals surface area contributed by atoms with Crippen LogP contribution in [0.25, 0.3) is 0 Å². The van der Waals surface area contributed by atoms with Crippen molar-refractivity contribution in [3.8, 4) is 0 Å². The van der Waals surface area contributed by atoms with Crippen LogP contribution in [0.1, 0.15) is 46.5 Å². The molecule has 0 aromatic heterocycles. The Bertz CT molecular complexity index is 186. The summed E-state index contributed by atoms with van der Waals surface area (Å²) >= 11 is 8.02. The van der Waals surface area contributed by atoms with Crippen molar-refractivity contribution >= 4 is 31.2 Å². The van der Waals surface area contributed by atoms with Crippen molar-refractivity contribution < 1.29 is 9.53 Å². The summed E-state index contributed by atoms with van der Waals surface area (Å²) in [5, 5.41) is 0. The second-order valence-corrected chi connectivity index (χ2v) is 6.54. The van der Waals surface area contributed by atoms with Gasteiger partial charge in [-0.2, -0.15) is 25.3 Å². The first-order chi connectivity index (χ1) is 6.84. The Kier molecular flexibility index (Phi) is 7.53. The van der Waals surface area contributed by atoms with Crippen LogP contribution in [0, 0.1) is 5.92 Å². The van der Waals surface area contributed by atoms with E-state index < -0.39 is 4.08 Å². The molecule has 0 spiro atoms. The molecule has 2 nitrogen and oxygen atoms in total. The van der Waals surface area contributed by atoms with Gasteiger partial charge in [0.1, 0.15) is 0 Å². The minimum atomic E-state index is -0.974. The number of esters is 1. The molecule has 0 radical (unpaired) electrons. The van der Waals surface area contributed by atoms with Crippen LogP contribution in [0.3, 0.4) is 0 Å². The Morgan fingerprint density at radius 3 is 2.33 bits per heavy atom. The molecule has 0 unspecified atom stereocenters. The molecule has 0 N–H and O–H groups in total. The largest absolute Gasteiger partial charge is 0.464 e. The van der Waals surface area contributed by atoms with Crippen molar-refractivity contribution in [1.29, 1.82) is 0 Å². The predicted molar refractivity (Wildman–Crippen MR) is 70.6 cm³/mol. The third kappa shape index (κ3) is 9.12. The van der Waals surface area contributed by atoms with Crippen molar-refractivity contribution in [3.63, 3.8) is 0 Å². The number of hydrogen-bond donors (Lipinski definition) is 2. The molecule has 0 aromatic carbocycles. The van der Waals surface area contributed by atoms with E-state index in [9.17, 15) is 4.79 Å². The molecule has 15 heavy (non-hydrogen) atoms. The maximum Gasteiger partial charge on any atom is 0.331 e. The van der Waals surface area contributed by atoms with Gasteiger partial charge in [0.15, 0.2) is 4.08 Å². The van der Waals surface area contributed by atoms with Gasteiger partial charge >= 0.3 is 5.97 Å². The lowest BCUT2D eigenvalue weighted by molar-refractivity contribution is -0.143. The molecule has 4 heteroatoms. The number of hydrogen-bond acceptors (Lipinski definition) is 4. The average Bonchev–Trinajstić information content (AvgIpc) is 2.08. The van der Waals surface area contributed by atoms with Crippen LogP contribution in [0.2, 0.25) is 0 Å². The highest BCUT2D eigenvalue weighted by Crippen LogP contribution is 2.20. The lowest BCUT2D eigenvalue weighted by Gasteiger charge is -2.14. The molecule has 0 fully saturated rings. The zero-order valence-corrected chi connectivity index (χ0v) is 11.6. The van der Waals surface area contributed by atoms with Gasteiger partial charge in [0.25, 0.3) is 0 Å². The molecule has 0 amide bonds. The Hall–Kier alpha value is 0.170. The van der Waals surface area contributed by atoms with Gasteiger partial charge in [-0.05, 0) is 19.3 Å². The molecule has 0 bridgehead atoms. The third-order valence-corrected chi connectivity index (χ3v) is 2.41. The van der Waals surface area contributed by atoms with Crippen molar-refractivity contribution in [2.75, 3.05) is 6.61 Å². The number of thiol groups is 2. The molecule has 0 rings (SSSR count). The minimum absolute atomic E-state index is 0.363. The van der Waals surface area contributed by atoms with E-state index in [0.717, 1.165) is 18.8 Å². The molecule has 0 aliphatic carbocycles. The van der Waals surface area contributed by atoms with Crippen LogP contribution in [-0.4, -0.2) is 16.7 Å². The van der Waals surface area contributed by atoms with Crippen molar-refractivity contribution in [1.82, 2.24) is 0 Å². The Balaban J connectivity index is 3.36. The van der Waals surface area contributed by atoms with Crippen LogP contribution in [0.5, 0.6) is 0 Å². The van der Waals surface area contributed by atoms with Crippen LogP contribution < -0.4 is 0 Å². The van der Waals surface area contributed by atoms with Crippen molar-refractivity contribution in [3.05, 3.63) is 0 Å². The molecule has 0 atom stereocenters. The zero-order chi connectivity index (χ0) is 11.9. The van der Waals surface area contributed by atoms with Gasteiger partial charge in [-0.3, -0.25) is 0 Å². The molecule has 0 aromatic rings. The Labute approximate surface area is 104 Å². The van der Waals surface area contributed by atoms with Gasteiger partial charge in [0.05, 0.1) is 6.61 Å². The lowest BCUT2D eigenvalue weighted by atomic mass is 10.1. The van der Waals surface area contributed by atoms with Gasteiger partial charge in [-0.1, -0.05) is 33.1 Å². The maximum atomic E-state index is 11.2. The van der Waals surface area contributed by atoms with E-state index in [1.165, 1.54) is 12.8 Å². The highest BCUT2D eigenvalue weighted by atomic mass is 32.2. The van der Waals surface area contributed by atoms with Gasteiger partial charge in [0.2, 0.25) is 0 Å². The summed E-state index contributed by atoms with van der Waals surface area (Å²) in [5.41, 5.74) is 0. The summed E-state index contributed by atoms with van der Waals surface area (Å²) in [4.78, 5) is 11.2. The predicted octanol–water partition coefficient (Wildman–Crippen LogP) is 3.32. The maximum absolute atomic E-state index is 11.2. The van der Waals surface area contributed by atoms with Gasteiger partial charge in [-0.25, -0.2) is 4.79 Å². The first-order valence-electron chi connectivity index (χ1n) is 5.46. The second kappa shape index (κ2) is 7.44. The van der Waals surface area contributed by atoms with Crippen LogP contribution in [-0.2, 0) is 9.53 Å². The molecular weight excluding hydrogens is 228 g/mol. The number of carbonyl (C=O) groups is 1. The van der Waals surface area contributed by atoms with Crippen LogP contribution in [0.15, 0.2) is 0 Å². The van der Waals surface area contributed by atoms with E-state index in [4.69, 9.17) is 4.74 Å². The highest BCUT2D eigenvalue weighted by Gasteiger charge is 2.25. The molecule has 0 saturated heterocycles. The summed E-state index contributed by atoms with van der Waals surface area (Å²) in [6.07, 6.45) is 4.48. The van der Waals surface area contributed by atoms with Gasteiger partial charge in [-0.15, -0.1) is 0 Å². The molecule has 0 aliphatic rings. The van der Waals surface area contributed by atoms with Gasteiger partial charge < -0.3 is 4.74 Å². The normalized spacial score (nSPS) is 11.9. The van der Waals surface area contributed by atoms with E-state index in [1.54, 1.807) is 6.92 Å². The topological polar surface area (TPSA) is 26.3 Å². The first kappa shape index (κ1) is 15.2. The summed E-state index contributed by atoms with van der Waals surface area (Å²) in [5.74, 6) is 0.392. The fourth-order valence-corrected chi connectivity index (χ4v) is 1.26. The smallest absolute Gasteiger partial charge is 0.331 e. The Morgan fingerprint density at radius 2 is 1.87 bits per heavy atom. The van der Waals surface area contributed by atoms with Gasteiger partial charge in [0, 0.05) is 0 Å². The summed E-state index contributed by atoms with van der Waals surface area (Å²) < 4.78 is 4.05. The molecule has 0 heterocycles. The second-order valence-electron chi connectivity index (χ2n) is 4.40. The fraction of sp³-hybridized carbons (Fsp3) is 0.909. The highest BCUT2D eigenvalue weighted by molar-refractivity contribution is 8.01. The van der Waals surface area contributed by atoms with E-state index in [-0.39, 0.29) is 5.97 Å². The van der Waals surface area contributed by atoms with Crippen LogP contribution >= 0.6 is 25.3 Å². The van der Waals surface area contributed by atoms with E-state index in [2.05, 4.69) is 39.1 Å². The standard InChI is InChI=1S/C11H22O2S2/c1-9(2)7-5-4-6-8-13-10(12)11(3,14)15/h9,14-15H,4-8H2,1-3H3. The Morgan fingerprint density at radius 1 is 1.27 bits per heavy atom. The summed E-state index contributed by atoms with van der Waals surface area (Å²) in [6, 6.07) is 0. The zero-order valence-electron chi connectivity index (χ0n) is 9.82. The summed E-state index contributed by atoms with van der Waals surface area (Å²) in [6.45, 7) is 6.52. The van der Waals surface area contributed by atoms with Crippen LogP contribution in [0.4, 0.5) is 0 Å². The quantitative estimate of drug-likeness (QED) is 0.314. The molecule has 0 aliphatic heterocycles. The number of ether oxygens (including phenoxy) is 1. The minimum Gasteiger partial charge on any atom is -0.464 e. The molecule has 90 valence electrons. The molecule has 0 saturated carbocycles. The third-order valence-electron chi connectivity index (χ3n) is 2.05. The number of carbonyl (C=O) groups excluding carboxylic acids is 1. The SMILES string of the molecule is CC(C)CCCCCOC(=O)C(C)(S)S. The number of unbranched alkanes of at least 4 members (excludes halogenated alkanes) is 2. The fourth-order valence-electron chi connectivity index (χ4n) is 1.13.